The van der Waals surface area contributed by atoms with E-state index in [9.17, 15) is 4.79 Å². The van der Waals surface area contributed by atoms with Gasteiger partial charge in [0.1, 0.15) is 0 Å². The molecule has 0 saturated carbocycles. The summed E-state index contributed by atoms with van der Waals surface area (Å²) in [4.78, 5) is 13.8. The normalized spacial score (nSPS) is 11.8. The molecule has 0 heterocycles. The molecule has 0 aliphatic heterocycles. The molecule has 7 heteroatoms. The highest BCUT2D eigenvalue weighted by atomic mass is 32.2. The lowest BCUT2D eigenvalue weighted by atomic mass is 9.98. The van der Waals surface area contributed by atoms with Crippen LogP contribution in [0, 0.1) is 0 Å². The number of anilines is 1. The van der Waals surface area contributed by atoms with E-state index in [4.69, 9.17) is 11.6 Å². The van der Waals surface area contributed by atoms with Crippen molar-refractivity contribution in [2.75, 3.05) is 5.32 Å². The Hall–Kier alpha value is -3.29. The second kappa shape index (κ2) is 9.68. The first-order chi connectivity index (χ1) is 14.8. The van der Waals surface area contributed by atoms with Crippen LogP contribution in [0.2, 0.25) is 0 Å². The predicted octanol–water partition coefficient (Wildman–Crippen LogP) is 4.58. The van der Waals surface area contributed by atoms with Crippen LogP contribution < -0.4 is 22.4 Å². The van der Waals surface area contributed by atoms with Crippen molar-refractivity contribution in [3.05, 3.63) is 83.9 Å². The fourth-order valence-electron chi connectivity index (χ4n) is 3.09. The van der Waals surface area contributed by atoms with Crippen molar-refractivity contribution in [2.24, 2.45) is 16.7 Å². The van der Waals surface area contributed by atoms with E-state index in [0.29, 0.717) is 5.56 Å². The highest BCUT2D eigenvalue weighted by Crippen LogP contribution is 2.39. The number of hydrogen-bond donors (Lipinski definition) is 4. The zero-order chi connectivity index (χ0) is 22.4. The van der Waals surface area contributed by atoms with E-state index in [-0.39, 0.29) is 16.5 Å². The van der Waals surface area contributed by atoms with Crippen LogP contribution in [0.1, 0.15) is 36.7 Å². The van der Waals surface area contributed by atoms with Gasteiger partial charge in [0, 0.05) is 20.8 Å². The van der Waals surface area contributed by atoms with Crippen LogP contribution in [0.15, 0.2) is 82.8 Å². The van der Waals surface area contributed by atoms with Gasteiger partial charge in [-0.15, -0.1) is 16.9 Å². The van der Waals surface area contributed by atoms with Crippen molar-refractivity contribution in [3.63, 3.8) is 0 Å². The molecule has 0 bridgehead atoms. The standard InChI is InChI=1S/C24H27N5OS/c1-24(2,3)31-21-14-13-17(18-11-7-8-12-19(18)22(25)28-29-26)15-20(21)27-23(30)16-9-5-4-6-10-16/h4-15,29H,26H2,1-3H3,(H2,25,28)(H,27,30). The van der Waals surface area contributed by atoms with Crippen molar-refractivity contribution < 1.29 is 4.79 Å². The number of amides is 1. The predicted molar refractivity (Wildman–Crippen MR) is 130 cm³/mol. The average molecular weight is 434 g/mol. The van der Waals surface area contributed by atoms with Crippen molar-refractivity contribution in [3.8, 4) is 11.1 Å². The molecule has 0 unspecified atom stereocenters. The summed E-state index contributed by atoms with van der Waals surface area (Å²) in [5.41, 5.74) is 12.2. The fraction of sp³-hybridized carbons (Fsp3) is 0.167. The summed E-state index contributed by atoms with van der Waals surface area (Å²) in [6, 6.07) is 22.8. The van der Waals surface area contributed by atoms with E-state index in [2.05, 4.69) is 36.7 Å². The maximum atomic E-state index is 12.9. The number of hydrazine groups is 1. The lowest BCUT2D eigenvalue weighted by Gasteiger charge is -2.21. The molecule has 31 heavy (non-hydrogen) atoms. The van der Waals surface area contributed by atoms with Gasteiger partial charge in [-0.05, 0) is 35.4 Å². The van der Waals surface area contributed by atoms with Gasteiger partial charge in [0.05, 0.1) is 5.69 Å². The smallest absolute Gasteiger partial charge is 0.255 e. The highest BCUT2D eigenvalue weighted by molar-refractivity contribution is 8.00. The number of nitrogens with one attached hydrogen (secondary N) is 2. The number of hydrogen-bond acceptors (Lipinski definition) is 5. The molecule has 3 aromatic rings. The third-order valence-electron chi connectivity index (χ3n) is 4.38. The van der Waals surface area contributed by atoms with E-state index in [1.165, 1.54) is 0 Å². The van der Waals surface area contributed by atoms with E-state index in [1.807, 2.05) is 60.7 Å². The van der Waals surface area contributed by atoms with Gasteiger partial charge in [0.2, 0.25) is 0 Å². The molecular weight excluding hydrogens is 406 g/mol. The summed E-state index contributed by atoms with van der Waals surface area (Å²) in [5.74, 6) is 5.42. The number of hydrazone groups is 1. The van der Waals surface area contributed by atoms with Crippen molar-refractivity contribution >= 4 is 29.2 Å². The first-order valence-corrected chi connectivity index (χ1v) is 10.7. The third-order valence-corrected chi connectivity index (χ3v) is 5.57. The quantitative estimate of drug-likeness (QED) is 0.150. The van der Waals surface area contributed by atoms with Crippen molar-refractivity contribution in [1.82, 2.24) is 5.53 Å². The molecule has 6 nitrogen and oxygen atoms in total. The molecule has 0 saturated heterocycles. The van der Waals surface area contributed by atoms with E-state index in [0.717, 1.165) is 27.3 Å². The van der Waals surface area contributed by atoms with E-state index < -0.39 is 0 Å². The van der Waals surface area contributed by atoms with Crippen LogP contribution in [-0.4, -0.2) is 16.5 Å². The Bertz CT molecular complexity index is 1090. The van der Waals surface area contributed by atoms with Crippen LogP contribution in [0.3, 0.4) is 0 Å². The second-order valence-corrected chi connectivity index (χ2v) is 9.79. The number of amidine groups is 1. The molecule has 0 aromatic heterocycles. The number of nitrogens with zero attached hydrogens (tertiary/aromatic N) is 1. The molecular formula is C24H27N5OS. The Morgan fingerprint density at radius 2 is 1.65 bits per heavy atom. The maximum Gasteiger partial charge on any atom is 0.255 e. The summed E-state index contributed by atoms with van der Waals surface area (Å²) in [5, 5.41) is 6.99. The number of nitrogens with two attached hydrogens (primary N) is 2. The van der Waals surface area contributed by atoms with Gasteiger partial charge < -0.3 is 11.1 Å². The van der Waals surface area contributed by atoms with Crippen LogP contribution in [0.5, 0.6) is 0 Å². The molecule has 0 spiro atoms. The number of thioether (sulfide) groups is 1. The van der Waals surface area contributed by atoms with Crippen molar-refractivity contribution in [2.45, 2.75) is 30.4 Å². The fourth-order valence-corrected chi connectivity index (χ4v) is 4.10. The Kier molecular flexibility index (Phi) is 6.99. The number of carbonyl (C=O) groups excluding carboxylic acids is 1. The molecule has 3 rings (SSSR count). The van der Waals surface area contributed by atoms with Crippen LogP contribution in [-0.2, 0) is 0 Å². The van der Waals surface area contributed by atoms with Gasteiger partial charge in [-0.2, -0.15) is 0 Å². The molecule has 0 radical (unpaired) electrons. The minimum absolute atomic E-state index is 0.0183. The Morgan fingerprint density at radius 3 is 2.32 bits per heavy atom. The zero-order valence-electron chi connectivity index (χ0n) is 17.8. The van der Waals surface area contributed by atoms with Crippen LogP contribution in [0.25, 0.3) is 11.1 Å². The topological polar surface area (TPSA) is 106 Å². The third kappa shape index (κ3) is 5.87. The van der Waals surface area contributed by atoms with Crippen LogP contribution in [0.4, 0.5) is 5.69 Å². The molecule has 160 valence electrons. The molecule has 0 aliphatic carbocycles. The van der Waals surface area contributed by atoms with Gasteiger partial charge in [0.15, 0.2) is 5.84 Å². The lowest BCUT2D eigenvalue weighted by molar-refractivity contribution is 0.102. The van der Waals surface area contributed by atoms with Gasteiger partial charge in [-0.3, -0.25) is 4.79 Å². The van der Waals surface area contributed by atoms with Gasteiger partial charge >= 0.3 is 0 Å². The minimum atomic E-state index is -0.157. The molecule has 6 N–H and O–H groups in total. The van der Waals surface area contributed by atoms with Gasteiger partial charge in [-0.1, -0.05) is 69.3 Å². The SMILES string of the molecule is CC(C)(C)Sc1ccc(-c2ccccc2/C(N)=N/NN)cc1NC(=O)c1ccccc1. The number of rotatable bonds is 6. The minimum Gasteiger partial charge on any atom is -0.382 e. The zero-order valence-corrected chi connectivity index (χ0v) is 18.7. The molecule has 0 aliphatic rings. The summed E-state index contributed by atoms with van der Waals surface area (Å²) < 4.78 is -0.0183. The Labute approximate surface area is 187 Å². The molecule has 0 atom stereocenters. The lowest BCUT2D eigenvalue weighted by Crippen LogP contribution is -2.23. The van der Waals surface area contributed by atoms with E-state index >= 15 is 0 Å². The number of carbonyl (C=O) groups is 1. The van der Waals surface area contributed by atoms with Crippen LogP contribution >= 0.6 is 11.8 Å². The van der Waals surface area contributed by atoms with Gasteiger partial charge in [-0.25, -0.2) is 11.4 Å². The highest BCUT2D eigenvalue weighted by Gasteiger charge is 2.18. The Morgan fingerprint density at radius 1 is 0.968 bits per heavy atom. The maximum absolute atomic E-state index is 12.9. The largest absolute Gasteiger partial charge is 0.382 e. The summed E-state index contributed by atoms with van der Waals surface area (Å²) in [7, 11) is 0. The summed E-state index contributed by atoms with van der Waals surface area (Å²) in [6.07, 6.45) is 0. The summed E-state index contributed by atoms with van der Waals surface area (Å²) in [6.45, 7) is 6.42. The molecule has 1 amide bonds. The Balaban J connectivity index is 2.06. The monoisotopic (exact) mass is 433 g/mol. The van der Waals surface area contributed by atoms with Crippen molar-refractivity contribution in [1.29, 1.82) is 0 Å². The van der Waals surface area contributed by atoms with Gasteiger partial charge in [0.25, 0.3) is 5.91 Å². The summed E-state index contributed by atoms with van der Waals surface area (Å²) >= 11 is 1.70. The first-order valence-electron chi connectivity index (χ1n) is 9.86. The molecule has 3 aromatic carbocycles. The first kappa shape index (κ1) is 22.4. The average Bonchev–Trinajstić information content (AvgIpc) is 2.75. The van der Waals surface area contributed by atoms with E-state index in [1.54, 1.807) is 23.9 Å². The second-order valence-electron chi connectivity index (χ2n) is 7.92. The molecule has 0 fully saturated rings. The number of benzene rings is 3.